The van der Waals surface area contributed by atoms with Gasteiger partial charge >= 0.3 is 5.97 Å². The van der Waals surface area contributed by atoms with Crippen molar-refractivity contribution in [2.75, 3.05) is 0 Å². The van der Waals surface area contributed by atoms with Crippen LogP contribution in [0.1, 0.15) is 31.9 Å². The average Bonchev–Trinajstić information content (AvgIpc) is 2.09. The lowest BCUT2D eigenvalue weighted by atomic mass is 9.97. The van der Waals surface area contributed by atoms with E-state index in [4.69, 9.17) is 4.74 Å². The molecule has 0 atom stereocenters. The van der Waals surface area contributed by atoms with Gasteiger partial charge in [0.25, 0.3) is 0 Å². The highest BCUT2D eigenvalue weighted by Gasteiger charge is 2.24. The molecule has 0 amide bonds. The van der Waals surface area contributed by atoms with E-state index in [1.54, 1.807) is 0 Å². The Morgan fingerprint density at radius 3 is 2.00 bits per heavy atom. The van der Waals surface area contributed by atoms with E-state index in [0.717, 1.165) is 11.1 Å². The van der Waals surface area contributed by atoms with Gasteiger partial charge in [-0.25, -0.2) is 0 Å². The van der Waals surface area contributed by atoms with E-state index in [1.807, 2.05) is 52.8 Å². The van der Waals surface area contributed by atoms with Crippen LogP contribution in [0.2, 0.25) is 0 Å². The highest BCUT2D eigenvalue weighted by atomic mass is 16.5. The second-order valence-corrected chi connectivity index (χ2v) is 4.86. The van der Waals surface area contributed by atoms with Gasteiger partial charge in [0.1, 0.15) is 5.75 Å². The molecule has 0 N–H and O–H groups in total. The fraction of sp³-hybridized carbons (Fsp3) is 0.462. The lowest BCUT2D eigenvalue weighted by molar-refractivity contribution is -0.143. The Labute approximate surface area is 91.3 Å². The smallest absolute Gasteiger partial charge is 0.316 e. The molecule has 0 spiro atoms. The number of carbonyl (C=O) groups is 1. The second-order valence-electron chi connectivity index (χ2n) is 4.86. The number of esters is 1. The van der Waals surface area contributed by atoms with Gasteiger partial charge in [-0.3, -0.25) is 4.79 Å². The predicted molar refractivity (Wildman–Crippen MR) is 61.0 cm³/mol. The maximum Gasteiger partial charge on any atom is 0.316 e. The average molecular weight is 206 g/mol. The summed E-state index contributed by atoms with van der Waals surface area (Å²) >= 11 is 0. The Balaban J connectivity index is 2.95. The van der Waals surface area contributed by atoms with Crippen molar-refractivity contribution in [1.29, 1.82) is 0 Å². The van der Waals surface area contributed by atoms with Crippen molar-refractivity contribution < 1.29 is 9.53 Å². The first-order chi connectivity index (χ1) is 6.82. The normalized spacial score (nSPS) is 11.3. The zero-order chi connectivity index (χ0) is 11.6. The molecular weight excluding hydrogens is 188 g/mol. The maximum atomic E-state index is 11.7. The number of rotatable bonds is 1. The number of ether oxygens (including phenoxy) is 1. The number of benzene rings is 1. The minimum absolute atomic E-state index is 0.195. The molecule has 2 heteroatoms. The minimum atomic E-state index is -0.464. The van der Waals surface area contributed by atoms with Crippen LogP contribution in [0.3, 0.4) is 0 Å². The van der Waals surface area contributed by atoms with Crippen molar-refractivity contribution in [1.82, 2.24) is 0 Å². The Bertz CT molecular complexity index is 352. The highest BCUT2D eigenvalue weighted by molar-refractivity contribution is 5.78. The summed E-state index contributed by atoms with van der Waals surface area (Å²) in [7, 11) is 0. The van der Waals surface area contributed by atoms with Crippen molar-refractivity contribution >= 4 is 5.97 Å². The summed E-state index contributed by atoms with van der Waals surface area (Å²) in [5.41, 5.74) is 1.52. The molecule has 0 aliphatic carbocycles. The number of carbonyl (C=O) groups excluding carboxylic acids is 1. The fourth-order valence-electron chi connectivity index (χ4n) is 1.21. The first-order valence-corrected chi connectivity index (χ1v) is 5.11. The van der Waals surface area contributed by atoms with Gasteiger partial charge < -0.3 is 4.74 Å². The number of aryl methyl sites for hydroxylation is 2. The van der Waals surface area contributed by atoms with Crippen LogP contribution in [-0.2, 0) is 4.79 Å². The molecule has 0 saturated heterocycles. The van der Waals surface area contributed by atoms with Gasteiger partial charge in [-0.15, -0.1) is 0 Å². The van der Waals surface area contributed by atoms with Crippen LogP contribution in [0.5, 0.6) is 5.75 Å². The molecule has 15 heavy (non-hydrogen) atoms. The summed E-state index contributed by atoms with van der Waals surface area (Å²) < 4.78 is 5.40. The molecular formula is C13H18O2. The van der Waals surface area contributed by atoms with Crippen LogP contribution < -0.4 is 4.74 Å². The topological polar surface area (TPSA) is 26.3 Å². The summed E-state index contributed by atoms with van der Waals surface area (Å²) in [5, 5.41) is 0. The van der Waals surface area contributed by atoms with Gasteiger partial charge in [-0.2, -0.15) is 0 Å². The third kappa shape index (κ3) is 2.82. The first kappa shape index (κ1) is 11.8. The van der Waals surface area contributed by atoms with Crippen LogP contribution in [-0.4, -0.2) is 5.97 Å². The van der Waals surface area contributed by atoms with Gasteiger partial charge in [-0.1, -0.05) is 18.2 Å². The molecule has 0 heterocycles. The van der Waals surface area contributed by atoms with Crippen LogP contribution in [0.25, 0.3) is 0 Å². The van der Waals surface area contributed by atoms with Gasteiger partial charge in [0.05, 0.1) is 5.41 Å². The summed E-state index contributed by atoms with van der Waals surface area (Å²) in [4.78, 5) is 11.7. The Kier molecular flexibility index (Phi) is 3.18. The van der Waals surface area contributed by atoms with E-state index in [1.165, 1.54) is 0 Å². The summed E-state index contributed by atoms with van der Waals surface area (Å²) in [6.07, 6.45) is 0. The molecule has 1 aromatic rings. The fourth-order valence-corrected chi connectivity index (χ4v) is 1.21. The molecule has 0 aliphatic heterocycles. The van der Waals surface area contributed by atoms with Crippen molar-refractivity contribution in [2.24, 2.45) is 5.41 Å². The van der Waals surface area contributed by atoms with E-state index in [-0.39, 0.29) is 5.97 Å². The van der Waals surface area contributed by atoms with Gasteiger partial charge in [0.2, 0.25) is 0 Å². The number of para-hydroxylation sites is 1. The van der Waals surface area contributed by atoms with Crippen LogP contribution >= 0.6 is 0 Å². The van der Waals surface area contributed by atoms with Crippen molar-refractivity contribution in [3.05, 3.63) is 29.3 Å². The highest BCUT2D eigenvalue weighted by Crippen LogP contribution is 2.25. The lowest BCUT2D eigenvalue weighted by Gasteiger charge is -2.18. The third-order valence-corrected chi connectivity index (χ3v) is 2.22. The summed E-state index contributed by atoms with van der Waals surface area (Å²) in [6, 6.07) is 5.84. The van der Waals surface area contributed by atoms with E-state index in [0.29, 0.717) is 5.75 Å². The Morgan fingerprint density at radius 2 is 1.60 bits per heavy atom. The van der Waals surface area contributed by atoms with Gasteiger partial charge in [0, 0.05) is 0 Å². The Morgan fingerprint density at radius 1 is 1.13 bits per heavy atom. The zero-order valence-corrected chi connectivity index (χ0v) is 10.0. The van der Waals surface area contributed by atoms with E-state index >= 15 is 0 Å². The molecule has 0 aliphatic rings. The molecule has 0 radical (unpaired) electrons. The van der Waals surface area contributed by atoms with Crippen LogP contribution in [0.15, 0.2) is 18.2 Å². The van der Waals surface area contributed by atoms with E-state index in [9.17, 15) is 4.79 Å². The molecule has 0 fully saturated rings. The molecule has 0 bridgehead atoms. The van der Waals surface area contributed by atoms with Crippen LogP contribution in [0, 0.1) is 19.3 Å². The molecule has 1 rings (SSSR count). The molecule has 0 unspecified atom stereocenters. The van der Waals surface area contributed by atoms with Crippen LogP contribution in [0.4, 0.5) is 0 Å². The third-order valence-electron chi connectivity index (χ3n) is 2.22. The van der Waals surface area contributed by atoms with Crippen molar-refractivity contribution in [3.8, 4) is 5.75 Å². The second kappa shape index (κ2) is 4.05. The molecule has 2 nitrogen and oxygen atoms in total. The summed E-state index contributed by atoms with van der Waals surface area (Å²) in [6.45, 7) is 9.44. The number of hydrogen-bond acceptors (Lipinski definition) is 2. The van der Waals surface area contributed by atoms with Gasteiger partial charge in [0.15, 0.2) is 0 Å². The quantitative estimate of drug-likeness (QED) is 0.520. The Hall–Kier alpha value is -1.31. The number of hydrogen-bond donors (Lipinski definition) is 0. The largest absolute Gasteiger partial charge is 0.426 e. The molecule has 1 aromatic carbocycles. The zero-order valence-electron chi connectivity index (χ0n) is 10.0. The van der Waals surface area contributed by atoms with E-state index in [2.05, 4.69) is 0 Å². The lowest BCUT2D eigenvalue weighted by Crippen LogP contribution is -2.26. The molecule has 0 aromatic heterocycles. The van der Waals surface area contributed by atoms with Crippen molar-refractivity contribution in [2.45, 2.75) is 34.6 Å². The minimum Gasteiger partial charge on any atom is -0.426 e. The maximum absolute atomic E-state index is 11.7. The predicted octanol–water partition coefficient (Wildman–Crippen LogP) is 3.25. The summed E-state index contributed by atoms with van der Waals surface area (Å²) in [5.74, 6) is 0.498. The monoisotopic (exact) mass is 206 g/mol. The standard InChI is InChI=1S/C13H18O2/c1-9-7-6-8-10(2)11(9)15-12(14)13(3,4)5/h6-8H,1-5H3. The first-order valence-electron chi connectivity index (χ1n) is 5.11. The van der Waals surface area contributed by atoms with Crippen molar-refractivity contribution in [3.63, 3.8) is 0 Å². The van der Waals surface area contributed by atoms with Gasteiger partial charge in [-0.05, 0) is 45.7 Å². The molecule has 0 saturated carbocycles. The molecule has 82 valence electrons. The van der Waals surface area contributed by atoms with E-state index < -0.39 is 5.41 Å². The SMILES string of the molecule is Cc1cccc(C)c1OC(=O)C(C)(C)C.